The summed E-state index contributed by atoms with van der Waals surface area (Å²) in [6.07, 6.45) is 1.36. The summed E-state index contributed by atoms with van der Waals surface area (Å²) in [6, 6.07) is 12.0. The minimum atomic E-state index is -0.881. The second-order valence-corrected chi connectivity index (χ2v) is 7.58. The quantitative estimate of drug-likeness (QED) is 0.184. The normalized spacial score (nSPS) is 13.8. The van der Waals surface area contributed by atoms with E-state index in [2.05, 4.69) is 5.32 Å². The van der Waals surface area contributed by atoms with Crippen molar-refractivity contribution in [3.8, 4) is 17.2 Å². The summed E-state index contributed by atoms with van der Waals surface area (Å²) in [7, 11) is 0. The number of anilines is 1. The van der Waals surface area contributed by atoms with Gasteiger partial charge in [0.1, 0.15) is 12.4 Å². The zero-order valence-electron chi connectivity index (χ0n) is 19.8. The highest BCUT2D eigenvalue weighted by molar-refractivity contribution is 5.86. The molecule has 2 aromatic carbocycles. The van der Waals surface area contributed by atoms with Gasteiger partial charge in [0, 0.05) is 30.0 Å². The van der Waals surface area contributed by atoms with Crippen molar-refractivity contribution in [3.05, 3.63) is 60.2 Å². The number of aliphatic hydroxyl groups is 1. The third-order valence-electron chi connectivity index (χ3n) is 5.14. The Kier molecular flexibility index (Phi) is 10.4. The van der Waals surface area contributed by atoms with E-state index in [1.54, 1.807) is 48.5 Å². The van der Waals surface area contributed by atoms with Crippen LogP contribution >= 0.6 is 0 Å². The van der Waals surface area contributed by atoms with E-state index in [1.807, 2.05) is 6.92 Å². The van der Waals surface area contributed by atoms with Crippen LogP contribution in [0.3, 0.4) is 0 Å². The zero-order chi connectivity index (χ0) is 25.8. The zero-order valence-corrected chi connectivity index (χ0v) is 19.8. The van der Waals surface area contributed by atoms with Gasteiger partial charge in [0.2, 0.25) is 6.79 Å². The second kappa shape index (κ2) is 13.9. The first kappa shape index (κ1) is 26.8. The molecule has 36 heavy (non-hydrogen) atoms. The van der Waals surface area contributed by atoms with E-state index in [0.29, 0.717) is 47.9 Å². The maximum absolute atomic E-state index is 13.0. The molecule has 3 rings (SSSR count). The van der Waals surface area contributed by atoms with Crippen molar-refractivity contribution < 1.29 is 43.6 Å². The van der Waals surface area contributed by atoms with Crippen LogP contribution in [0, 0.1) is 0 Å². The number of hydrogen-bond donors (Lipinski definition) is 4. The van der Waals surface area contributed by atoms with Gasteiger partial charge in [-0.1, -0.05) is 24.3 Å². The Morgan fingerprint density at radius 3 is 2.75 bits per heavy atom. The number of carbonyl (C=O) groups excluding carboxylic acids is 2. The second-order valence-electron chi connectivity index (χ2n) is 7.58. The summed E-state index contributed by atoms with van der Waals surface area (Å²) in [6.45, 7) is 2.15. The molecule has 0 spiro atoms. The standard InChI is InChI=1S/C25H30N2O9/c1-2-32-21(9-5-6-10-23(29)27-31)24(18-7-3-4-8-19(18)33-14-13-28)36-25(30)26-17-11-12-20-22(15-17)35-16-34-20/h3-4,6-8,10-12,15,21,24,28,31H,2,5,9,13-14,16H2,1H3,(H,26,30)(H,27,29)/b10-6+/t21-,24-/m1/s1. The van der Waals surface area contributed by atoms with Crippen LogP contribution in [0.5, 0.6) is 17.2 Å². The first-order valence-electron chi connectivity index (χ1n) is 11.5. The number of allylic oxidation sites excluding steroid dienone is 1. The van der Waals surface area contributed by atoms with Crippen molar-refractivity contribution in [1.29, 1.82) is 0 Å². The molecule has 11 nitrogen and oxygen atoms in total. The molecule has 0 radical (unpaired) electrons. The number of hydroxylamine groups is 1. The number of nitrogens with one attached hydrogen (secondary N) is 2. The van der Waals surface area contributed by atoms with E-state index < -0.39 is 24.2 Å². The van der Waals surface area contributed by atoms with Gasteiger partial charge in [0.25, 0.3) is 5.91 Å². The van der Waals surface area contributed by atoms with Crippen molar-refractivity contribution in [1.82, 2.24) is 5.48 Å². The number of hydrogen-bond acceptors (Lipinski definition) is 9. The predicted molar refractivity (Wildman–Crippen MR) is 128 cm³/mol. The van der Waals surface area contributed by atoms with E-state index >= 15 is 0 Å². The minimum Gasteiger partial charge on any atom is -0.491 e. The first-order chi connectivity index (χ1) is 17.5. The van der Waals surface area contributed by atoms with Gasteiger partial charge in [-0.3, -0.25) is 15.3 Å². The maximum atomic E-state index is 13.0. The van der Waals surface area contributed by atoms with E-state index in [-0.39, 0.29) is 20.0 Å². The van der Waals surface area contributed by atoms with Gasteiger partial charge < -0.3 is 28.8 Å². The highest BCUT2D eigenvalue weighted by atomic mass is 16.7. The molecule has 1 heterocycles. The number of amides is 2. The Labute approximate surface area is 208 Å². The maximum Gasteiger partial charge on any atom is 0.412 e. The fourth-order valence-corrected chi connectivity index (χ4v) is 3.60. The predicted octanol–water partition coefficient (Wildman–Crippen LogP) is 3.32. The number of carbonyl (C=O) groups is 2. The van der Waals surface area contributed by atoms with Crippen LogP contribution in [-0.2, 0) is 14.3 Å². The Hall–Kier alpha value is -3.80. The fourth-order valence-electron chi connectivity index (χ4n) is 3.60. The third kappa shape index (κ3) is 7.60. The molecule has 0 aromatic heterocycles. The lowest BCUT2D eigenvalue weighted by atomic mass is 9.99. The number of benzene rings is 2. The van der Waals surface area contributed by atoms with Crippen molar-refractivity contribution in [2.45, 2.75) is 32.0 Å². The summed E-state index contributed by atoms with van der Waals surface area (Å²) in [5.41, 5.74) is 2.55. The number of para-hydroxylation sites is 1. The summed E-state index contributed by atoms with van der Waals surface area (Å²) in [4.78, 5) is 24.2. The van der Waals surface area contributed by atoms with Crippen molar-refractivity contribution in [2.75, 3.05) is 31.9 Å². The Balaban J connectivity index is 1.82. The van der Waals surface area contributed by atoms with Gasteiger partial charge >= 0.3 is 6.09 Å². The van der Waals surface area contributed by atoms with Gasteiger partial charge in [0.05, 0.1) is 12.7 Å². The fraction of sp³-hybridized carbons (Fsp3) is 0.360. The molecule has 0 bridgehead atoms. The van der Waals surface area contributed by atoms with Crippen LogP contribution in [0.4, 0.5) is 10.5 Å². The van der Waals surface area contributed by atoms with E-state index in [4.69, 9.17) is 28.9 Å². The van der Waals surface area contributed by atoms with Crippen molar-refractivity contribution >= 4 is 17.7 Å². The average molecular weight is 503 g/mol. The molecule has 2 amide bonds. The molecule has 11 heteroatoms. The summed E-state index contributed by atoms with van der Waals surface area (Å²) < 4.78 is 28.1. The largest absolute Gasteiger partial charge is 0.491 e. The summed E-state index contributed by atoms with van der Waals surface area (Å²) in [5, 5.41) is 20.6. The molecular formula is C25H30N2O9. The Bertz CT molecular complexity index is 1040. The topological polar surface area (TPSA) is 145 Å². The Morgan fingerprint density at radius 1 is 1.17 bits per heavy atom. The molecule has 0 saturated carbocycles. The van der Waals surface area contributed by atoms with E-state index in [0.717, 1.165) is 0 Å². The number of fused-ring (bicyclic) bond motifs is 1. The number of rotatable bonds is 13. The van der Waals surface area contributed by atoms with Gasteiger partial charge in [-0.25, -0.2) is 10.3 Å². The third-order valence-corrected chi connectivity index (χ3v) is 5.14. The molecule has 1 aliphatic heterocycles. The molecule has 0 fully saturated rings. The summed E-state index contributed by atoms with van der Waals surface area (Å²) >= 11 is 0. The first-order valence-corrected chi connectivity index (χ1v) is 11.5. The Morgan fingerprint density at radius 2 is 1.97 bits per heavy atom. The molecular weight excluding hydrogens is 472 g/mol. The van der Waals surface area contributed by atoms with Crippen LogP contribution in [0.25, 0.3) is 0 Å². The number of aliphatic hydroxyl groups excluding tert-OH is 1. The minimum absolute atomic E-state index is 0.0609. The lowest BCUT2D eigenvalue weighted by Gasteiger charge is -2.28. The van der Waals surface area contributed by atoms with Crippen LogP contribution in [-0.4, -0.2) is 55.0 Å². The molecule has 0 aliphatic carbocycles. The average Bonchev–Trinajstić information content (AvgIpc) is 3.36. The van der Waals surface area contributed by atoms with Crippen LogP contribution in [0.15, 0.2) is 54.6 Å². The molecule has 4 N–H and O–H groups in total. The lowest BCUT2D eigenvalue weighted by Crippen LogP contribution is -2.29. The smallest absolute Gasteiger partial charge is 0.412 e. The molecule has 0 saturated heterocycles. The lowest BCUT2D eigenvalue weighted by molar-refractivity contribution is -0.124. The molecule has 2 atom stereocenters. The van der Waals surface area contributed by atoms with Crippen LogP contribution in [0.2, 0.25) is 0 Å². The SMILES string of the molecule is CCO[C@H](CC/C=C/C(=O)NO)[C@H](OC(=O)Nc1ccc2c(c1)OCO2)c1ccccc1OCCO. The van der Waals surface area contributed by atoms with Crippen LogP contribution < -0.4 is 25.0 Å². The summed E-state index contributed by atoms with van der Waals surface area (Å²) in [5.74, 6) is 0.882. The molecule has 2 aromatic rings. The van der Waals surface area contributed by atoms with Gasteiger partial charge in [-0.2, -0.15) is 0 Å². The van der Waals surface area contributed by atoms with E-state index in [1.165, 1.54) is 11.6 Å². The van der Waals surface area contributed by atoms with Crippen molar-refractivity contribution in [3.63, 3.8) is 0 Å². The van der Waals surface area contributed by atoms with Gasteiger partial charge in [-0.15, -0.1) is 0 Å². The van der Waals surface area contributed by atoms with Crippen molar-refractivity contribution in [2.24, 2.45) is 0 Å². The van der Waals surface area contributed by atoms with Gasteiger partial charge in [-0.05, 0) is 38.0 Å². The monoisotopic (exact) mass is 502 g/mol. The van der Waals surface area contributed by atoms with Gasteiger partial charge in [0.15, 0.2) is 17.6 Å². The molecule has 0 unspecified atom stereocenters. The number of ether oxygens (including phenoxy) is 5. The highest BCUT2D eigenvalue weighted by Crippen LogP contribution is 2.36. The highest BCUT2D eigenvalue weighted by Gasteiger charge is 2.30. The molecule has 1 aliphatic rings. The van der Waals surface area contributed by atoms with Crippen LogP contribution in [0.1, 0.15) is 31.4 Å². The molecule has 194 valence electrons. The van der Waals surface area contributed by atoms with E-state index in [9.17, 15) is 14.7 Å².